The zero-order valence-corrected chi connectivity index (χ0v) is 12.2. The summed E-state index contributed by atoms with van der Waals surface area (Å²) in [7, 11) is 1.42. The van der Waals surface area contributed by atoms with Gasteiger partial charge in [0, 0.05) is 13.1 Å². The molecular formula is C15H21N3O2. The Kier molecular flexibility index (Phi) is 4.74. The molecule has 2 aromatic rings. The Morgan fingerprint density at radius 1 is 1.45 bits per heavy atom. The van der Waals surface area contributed by atoms with Gasteiger partial charge in [-0.25, -0.2) is 4.98 Å². The second-order valence-electron chi connectivity index (χ2n) is 4.74. The molecule has 1 N–H and O–H groups in total. The van der Waals surface area contributed by atoms with Crippen molar-refractivity contribution in [2.24, 2.45) is 0 Å². The topological polar surface area (TPSA) is 56.2 Å². The van der Waals surface area contributed by atoms with E-state index < -0.39 is 0 Å². The van der Waals surface area contributed by atoms with Crippen LogP contribution < -0.4 is 5.32 Å². The number of methoxy groups -OCH3 is 1. The molecule has 108 valence electrons. The highest BCUT2D eigenvalue weighted by molar-refractivity contribution is 5.76. The van der Waals surface area contributed by atoms with E-state index in [1.165, 1.54) is 7.11 Å². The molecule has 0 saturated heterocycles. The van der Waals surface area contributed by atoms with Crippen molar-refractivity contribution in [1.29, 1.82) is 0 Å². The number of rotatable bonds is 6. The highest BCUT2D eigenvalue weighted by atomic mass is 16.5. The van der Waals surface area contributed by atoms with Crippen LogP contribution in [0.3, 0.4) is 0 Å². The van der Waals surface area contributed by atoms with E-state index >= 15 is 0 Å². The summed E-state index contributed by atoms with van der Waals surface area (Å²) in [6, 6.07) is 7.83. The van der Waals surface area contributed by atoms with Crippen LogP contribution in [-0.4, -0.2) is 35.2 Å². The lowest BCUT2D eigenvalue weighted by atomic mass is 10.2. The van der Waals surface area contributed by atoms with Gasteiger partial charge >= 0.3 is 5.97 Å². The summed E-state index contributed by atoms with van der Waals surface area (Å²) < 4.78 is 6.92. The van der Waals surface area contributed by atoms with Crippen molar-refractivity contribution >= 4 is 17.0 Å². The maximum absolute atomic E-state index is 11.5. The number of esters is 1. The van der Waals surface area contributed by atoms with Crippen LogP contribution in [0.2, 0.25) is 0 Å². The molecule has 20 heavy (non-hydrogen) atoms. The van der Waals surface area contributed by atoms with E-state index in [1.54, 1.807) is 0 Å². The van der Waals surface area contributed by atoms with Gasteiger partial charge in [0.05, 0.1) is 18.1 Å². The van der Waals surface area contributed by atoms with Crippen LogP contribution in [0.15, 0.2) is 24.3 Å². The Hall–Kier alpha value is -1.88. The Labute approximate surface area is 118 Å². The van der Waals surface area contributed by atoms with Gasteiger partial charge in [0.25, 0.3) is 0 Å². The molecule has 5 nitrogen and oxygen atoms in total. The summed E-state index contributed by atoms with van der Waals surface area (Å²) in [4.78, 5) is 16.0. The molecular weight excluding hydrogens is 254 g/mol. The minimum absolute atomic E-state index is 0.209. The lowest BCUT2D eigenvalue weighted by Crippen LogP contribution is -2.38. The van der Waals surface area contributed by atoms with E-state index in [2.05, 4.69) is 20.9 Å². The third-order valence-corrected chi connectivity index (χ3v) is 3.47. The molecule has 0 fully saturated rings. The van der Waals surface area contributed by atoms with Gasteiger partial charge in [0.1, 0.15) is 11.9 Å². The van der Waals surface area contributed by atoms with Crippen LogP contribution in [0, 0.1) is 6.92 Å². The van der Waals surface area contributed by atoms with Gasteiger partial charge in [-0.2, -0.15) is 0 Å². The number of para-hydroxylation sites is 2. The second-order valence-corrected chi connectivity index (χ2v) is 4.74. The first-order valence-corrected chi connectivity index (χ1v) is 6.90. The molecule has 1 unspecified atom stereocenters. The maximum Gasteiger partial charge on any atom is 0.322 e. The number of carbonyl (C=O) groups excluding carboxylic acids is 1. The van der Waals surface area contributed by atoms with E-state index in [0.717, 1.165) is 29.8 Å². The Morgan fingerprint density at radius 3 is 2.90 bits per heavy atom. The maximum atomic E-state index is 11.5. The number of nitrogens with one attached hydrogen (secondary N) is 1. The summed E-state index contributed by atoms with van der Waals surface area (Å²) in [6.45, 7) is 5.44. The second kappa shape index (κ2) is 6.52. The molecule has 0 aliphatic carbocycles. The average molecular weight is 275 g/mol. The highest BCUT2D eigenvalue weighted by Crippen LogP contribution is 2.14. The minimum Gasteiger partial charge on any atom is -0.468 e. The van der Waals surface area contributed by atoms with Crippen molar-refractivity contribution in [3.63, 3.8) is 0 Å². The van der Waals surface area contributed by atoms with Gasteiger partial charge in [-0.1, -0.05) is 19.1 Å². The fourth-order valence-electron chi connectivity index (χ4n) is 2.37. The third-order valence-electron chi connectivity index (χ3n) is 3.47. The number of aryl methyl sites for hydroxylation is 1. The molecule has 0 bridgehead atoms. The van der Waals surface area contributed by atoms with Crippen LogP contribution in [0.25, 0.3) is 11.0 Å². The summed E-state index contributed by atoms with van der Waals surface area (Å²) in [5.41, 5.74) is 2.13. The predicted molar refractivity (Wildman–Crippen MR) is 78.6 cm³/mol. The van der Waals surface area contributed by atoms with Crippen molar-refractivity contribution in [2.45, 2.75) is 32.9 Å². The summed E-state index contributed by atoms with van der Waals surface area (Å²) in [6.07, 6.45) is 0.719. The van der Waals surface area contributed by atoms with E-state index in [4.69, 9.17) is 4.74 Å². The molecule has 0 aliphatic heterocycles. The van der Waals surface area contributed by atoms with E-state index in [1.807, 2.05) is 32.0 Å². The standard InChI is InChI=1S/C15H21N3O2/c1-4-12(15(19)20-3)16-9-10-18-11(2)17-13-7-5-6-8-14(13)18/h5-8,12,16H,4,9-10H2,1-3H3. The number of nitrogens with zero attached hydrogens (tertiary/aromatic N) is 2. The lowest BCUT2D eigenvalue weighted by molar-refractivity contribution is -0.143. The smallest absolute Gasteiger partial charge is 0.322 e. The van der Waals surface area contributed by atoms with Crippen LogP contribution in [0.5, 0.6) is 0 Å². The zero-order valence-electron chi connectivity index (χ0n) is 12.2. The quantitative estimate of drug-likeness (QED) is 0.818. The Morgan fingerprint density at radius 2 is 2.20 bits per heavy atom. The fourth-order valence-corrected chi connectivity index (χ4v) is 2.37. The lowest BCUT2D eigenvalue weighted by Gasteiger charge is -2.15. The van der Waals surface area contributed by atoms with Gasteiger partial charge in [0.2, 0.25) is 0 Å². The predicted octanol–water partition coefficient (Wildman–Crippen LogP) is 1.89. The number of carbonyl (C=O) groups is 1. The number of fused-ring (bicyclic) bond motifs is 1. The van der Waals surface area contributed by atoms with Crippen molar-refractivity contribution in [2.75, 3.05) is 13.7 Å². The van der Waals surface area contributed by atoms with Crippen molar-refractivity contribution < 1.29 is 9.53 Å². The third kappa shape index (κ3) is 2.99. The van der Waals surface area contributed by atoms with Gasteiger partial charge in [-0.3, -0.25) is 4.79 Å². The fraction of sp³-hybridized carbons (Fsp3) is 0.467. The molecule has 1 atom stereocenters. The van der Waals surface area contributed by atoms with Crippen LogP contribution in [-0.2, 0) is 16.1 Å². The highest BCUT2D eigenvalue weighted by Gasteiger charge is 2.15. The van der Waals surface area contributed by atoms with Gasteiger partial charge < -0.3 is 14.6 Å². The van der Waals surface area contributed by atoms with Gasteiger partial charge in [-0.15, -0.1) is 0 Å². The molecule has 1 aromatic carbocycles. The van der Waals surface area contributed by atoms with E-state index in [0.29, 0.717) is 6.54 Å². The van der Waals surface area contributed by atoms with Crippen molar-refractivity contribution in [3.8, 4) is 0 Å². The monoisotopic (exact) mass is 275 g/mol. The molecule has 0 spiro atoms. The Balaban J connectivity index is 2.02. The van der Waals surface area contributed by atoms with Crippen molar-refractivity contribution in [3.05, 3.63) is 30.1 Å². The van der Waals surface area contributed by atoms with Crippen LogP contribution >= 0.6 is 0 Å². The number of aromatic nitrogens is 2. The molecule has 0 amide bonds. The first-order chi connectivity index (χ1) is 9.67. The van der Waals surface area contributed by atoms with Gasteiger partial charge in [-0.05, 0) is 25.5 Å². The normalized spacial score (nSPS) is 12.6. The molecule has 0 radical (unpaired) electrons. The minimum atomic E-state index is -0.241. The number of hydrogen-bond donors (Lipinski definition) is 1. The molecule has 5 heteroatoms. The molecule has 0 aliphatic rings. The van der Waals surface area contributed by atoms with Gasteiger partial charge in [0.15, 0.2) is 0 Å². The average Bonchev–Trinajstić information content (AvgIpc) is 2.79. The number of imidazole rings is 1. The molecule has 0 saturated carbocycles. The SMILES string of the molecule is CCC(NCCn1c(C)nc2ccccc21)C(=O)OC. The number of benzene rings is 1. The molecule has 2 rings (SSSR count). The van der Waals surface area contributed by atoms with E-state index in [-0.39, 0.29) is 12.0 Å². The summed E-state index contributed by atoms with van der Waals surface area (Å²) >= 11 is 0. The number of hydrogen-bond acceptors (Lipinski definition) is 4. The zero-order chi connectivity index (χ0) is 14.5. The Bertz CT molecular complexity index is 592. The number of ether oxygens (including phenoxy) is 1. The largest absolute Gasteiger partial charge is 0.468 e. The first-order valence-electron chi connectivity index (χ1n) is 6.90. The first kappa shape index (κ1) is 14.5. The molecule has 1 aromatic heterocycles. The molecule has 1 heterocycles. The summed E-state index contributed by atoms with van der Waals surface area (Å²) in [5, 5.41) is 3.23. The van der Waals surface area contributed by atoms with E-state index in [9.17, 15) is 4.79 Å². The van der Waals surface area contributed by atoms with Crippen molar-refractivity contribution in [1.82, 2.24) is 14.9 Å². The summed E-state index contributed by atoms with van der Waals surface area (Å²) in [5.74, 6) is 0.777. The van der Waals surface area contributed by atoms with Crippen LogP contribution in [0.4, 0.5) is 0 Å². The van der Waals surface area contributed by atoms with Crippen LogP contribution in [0.1, 0.15) is 19.2 Å².